The third-order valence-electron chi connectivity index (χ3n) is 7.63. The van der Waals surface area contributed by atoms with E-state index in [1.807, 2.05) is 6.07 Å². The molecule has 0 saturated heterocycles. The molecule has 0 aliphatic rings. The van der Waals surface area contributed by atoms with Gasteiger partial charge in [-0.05, 0) is 80.1 Å². The summed E-state index contributed by atoms with van der Waals surface area (Å²) < 4.78 is 11.3. The number of unbranched alkanes of at least 4 members (excludes halogenated alkanes) is 9. The van der Waals surface area contributed by atoms with Crippen LogP contribution in [0.2, 0.25) is 0 Å². The fourth-order valence-electron chi connectivity index (χ4n) is 5.31. The number of carbonyl (C=O) groups excluding carboxylic acids is 1. The largest absolute Gasteiger partial charge is 0.497 e. The second-order valence-electron chi connectivity index (χ2n) is 10.7. The molecule has 0 amide bonds. The van der Waals surface area contributed by atoms with E-state index in [1.165, 1.54) is 74.5 Å². The Balaban J connectivity index is 1.82. The quantitative estimate of drug-likeness (QED) is 0.116. The number of carbonyl (C=O) groups is 1. The Morgan fingerprint density at radius 3 is 2.08 bits per heavy atom. The normalized spacial score (nSPS) is 11.2. The molecule has 0 aromatic heterocycles. The second kappa shape index (κ2) is 19.7. The van der Waals surface area contributed by atoms with Gasteiger partial charge in [0.15, 0.2) is 0 Å². The minimum absolute atomic E-state index is 0.469. The fraction of sp³-hybridized carbons (Fsp3) is 0.618. The van der Waals surface area contributed by atoms with Gasteiger partial charge in [0.1, 0.15) is 17.8 Å². The summed E-state index contributed by atoms with van der Waals surface area (Å²) in [5.41, 5.74) is 4.96. The van der Waals surface area contributed by atoms with Crippen molar-refractivity contribution in [3.63, 3.8) is 0 Å². The van der Waals surface area contributed by atoms with E-state index in [2.05, 4.69) is 49.2 Å². The first-order valence-electron chi connectivity index (χ1n) is 15.1. The Morgan fingerprint density at radius 1 is 0.737 bits per heavy atom. The van der Waals surface area contributed by atoms with E-state index in [9.17, 15) is 4.79 Å². The van der Waals surface area contributed by atoms with Gasteiger partial charge < -0.3 is 19.2 Å². The molecular weight excluding hydrogens is 470 g/mol. The predicted octanol–water partition coefficient (Wildman–Crippen LogP) is 8.02. The van der Waals surface area contributed by atoms with Gasteiger partial charge in [0.05, 0.1) is 14.2 Å². The average Bonchev–Trinajstić information content (AvgIpc) is 2.94. The Bertz CT molecular complexity index is 911. The first-order chi connectivity index (χ1) is 18.6. The van der Waals surface area contributed by atoms with Crippen molar-refractivity contribution in [3.05, 3.63) is 58.7 Å². The van der Waals surface area contributed by atoms with Crippen molar-refractivity contribution in [1.82, 2.24) is 4.90 Å². The van der Waals surface area contributed by atoms with Crippen LogP contribution in [-0.2, 0) is 30.5 Å². The lowest BCUT2D eigenvalue weighted by Crippen LogP contribution is -2.23. The van der Waals surface area contributed by atoms with Gasteiger partial charge in [-0.15, -0.1) is 0 Å². The molecule has 0 aliphatic carbocycles. The topological polar surface area (TPSA) is 38.8 Å². The summed E-state index contributed by atoms with van der Waals surface area (Å²) in [4.78, 5) is 13.7. The number of hydrogen-bond acceptors (Lipinski definition) is 4. The van der Waals surface area contributed by atoms with Gasteiger partial charge in [-0.1, -0.05) is 89.0 Å². The van der Waals surface area contributed by atoms with E-state index in [-0.39, 0.29) is 0 Å². The number of methoxy groups -OCH3 is 2. The third-order valence-corrected chi connectivity index (χ3v) is 7.63. The van der Waals surface area contributed by atoms with Crippen LogP contribution in [0.5, 0.6) is 11.5 Å². The van der Waals surface area contributed by atoms with Crippen LogP contribution >= 0.6 is 0 Å². The second-order valence-corrected chi connectivity index (χ2v) is 10.7. The molecular formula is C34H53NO3. The SMILES string of the molecule is CCCCCCCCCCCCc1c(CC=O)ccc(CCCN(C)CCc2cccc(OC)c2)c1OC. The summed E-state index contributed by atoms with van der Waals surface area (Å²) in [5.74, 6) is 1.93. The van der Waals surface area contributed by atoms with Crippen molar-refractivity contribution in [2.24, 2.45) is 0 Å². The minimum Gasteiger partial charge on any atom is -0.497 e. The zero-order valence-corrected chi connectivity index (χ0v) is 24.7. The molecule has 0 atom stereocenters. The van der Waals surface area contributed by atoms with Gasteiger partial charge in [0.2, 0.25) is 0 Å². The average molecular weight is 524 g/mol. The maximum Gasteiger partial charge on any atom is 0.125 e. The van der Waals surface area contributed by atoms with Crippen LogP contribution in [-0.4, -0.2) is 45.5 Å². The van der Waals surface area contributed by atoms with Crippen molar-refractivity contribution in [2.75, 3.05) is 34.4 Å². The number of hydrogen-bond donors (Lipinski definition) is 0. The highest BCUT2D eigenvalue weighted by molar-refractivity contribution is 5.59. The highest BCUT2D eigenvalue weighted by Gasteiger charge is 2.14. The molecule has 0 bridgehead atoms. The van der Waals surface area contributed by atoms with Crippen LogP contribution < -0.4 is 9.47 Å². The Morgan fingerprint density at radius 2 is 1.42 bits per heavy atom. The maximum absolute atomic E-state index is 11.3. The minimum atomic E-state index is 0.469. The van der Waals surface area contributed by atoms with Crippen molar-refractivity contribution in [1.29, 1.82) is 0 Å². The van der Waals surface area contributed by atoms with E-state index in [1.54, 1.807) is 14.2 Å². The Labute approximate surface area is 233 Å². The lowest BCUT2D eigenvalue weighted by molar-refractivity contribution is -0.107. The smallest absolute Gasteiger partial charge is 0.125 e. The molecule has 0 heterocycles. The van der Waals surface area contributed by atoms with Crippen LogP contribution in [0.25, 0.3) is 0 Å². The molecule has 212 valence electrons. The van der Waals surface area contributed by atoms with E-state index in [0.717, 1.165) is 68.5 Å². The number of rotatable bonds is 22. The summed E-state index contributed by atoms with van der Waals surface area (Å²) >= 11 is 0. The van der Waals surface area contributed by atoms with Crippen LogP contribution in [0.4, 0.5) is 0 Å². The predicted molar refractivity (Wildman–Crippen MR) is 161 cm³/mol. The first-order valence-corrected chi connectivity index (χ1v) is 15.1. The molecule has 0 saturated carbocycles. The van der Waals surface area contributed by atoms with E-state index < -0.39 is 0 Å². The monoisotopic (exact) mass is 523 g/mol. The van der Waals surface area contributed by atoms with Gasteiger partial charge in [0, 0.05) is 13.0 Å². The molecule has 2 rings (SSSR count). The number of aryl methyl sites for hydroxylation is 1. The van der Waals surface area contributed by atoms with Crippen LogP contribution in [0.3, 0.4) is 0 Å². The molecule has 0 spiro atoms. The molecule has 2 aromatic rings. The Hall–Kier alpha value is -2.33. The summed E-state index contributed by atoms with van der Waals surface area (Å²) in [7, 11) is 5.70. The van der Waals surface area contributed by atoms with Crippen molar-refractivity contribution in [2.45, 2.75) is 103 Å². The number of benzene rings is 2. The first kappa shape index (κ1) is 31.9. The van der Waals surface area contributed by atoms with Gasteiger partial charge in [-0.3, -0.25) is 0 Å². The summed E-state index contributed by atoms with van der Waals surface area (Å²) in [6.45, 7) is 4.33. The number of nitrogens with zero attached hydrogens (tertiary/aromatic N) is 1. The van der Waals surface area contributed by atoms with Gasteiger partial charge in [0.25, 0.3) is 0 Å². The van der Waals surface area contributed by atoms with Gasteiger partial charge >= 0.3 is 0 Å². The zero-order chi connectivity index (χ0) is 27.4. The van der Waals surface area contributed by atoms with E-state index in [0.29, 0.717) is 6.42 Å². The summed E-state index contributed by atoms with van der Waals surface area (Å²) in [5, 5.41) is 0. The number of likely N-dealkylation sites (N-methyl/N-ethyl adjacent to an activating group) is 1. The molecule has 38 heavy (non-hydrogen) atoms. The Kier molecular flexibility index (Phi) is 16.5. The summed E-state index contributed by atoms with van der Waals surface area (Å²) in [6, 6.07) is 12.7. The lowest BCUT2D eigenvalue weighted by atomic mass is 9.93. The lowest BCUT2D eigenvalue weighted by Gasteiger charge is -2.19. The highest BCUT2D eigenvalue weighted by Crippen LogP contribution is 2.30. The zero-order valence-electron chi connectivity index (χ0n) is 24.7. The molecule has 0 aliphatic heterocycles. The van der Waals surface area contributed by atoms with Crippen molar-refractivity contribution in [3.8, 4) is 11.5 Å². The molecule has 0 unspecified atom stereocenters. The summed E-state index contributed by atoms with van der Waals surface area (Å²) in [6.07, 6.45) is 18.9. The van der Waals surface area contributed by atoms with E-state index >= 15 is 0 Å². The fourth-order valence-corrected chi connectivity index (χ4v) is 5.31. The van der Waals surface area contributed by atoms with Crippen LogP contribution in [0.1, 0.15) is 99.8 Å². The van der Waals surface area contributed by atoms with E-state index in [4.69, 9.17) is 9.47 Å². The number of ether oxygens (including phenoxy) is 2. The van der Waals surface area contributed by atoms with Gasteiger partial charge in [-0.25, -0.2) is 0 Å². The number of aldehydes is 1. The standard InChI is InChI=1S/C34H53NO3/c1-5-6-7-8-9-10-11-12-13-14-20-33-30(24-27-36)21-22-31(34(33)38-4)18-16-25-35(2)26-23-29-17-15-19-32(28-29)37-3/h15,17,19,21-22,27-28H,5-14,16,18,20,23-26H2,1-4H3. The van der Waals surface area contributed by atoms with Crippen LogP contribution in [0.15, 0.2) is 36.4 Å². The molecule has 0 radical (unpaired) electrons. The molecule has 4 heteroatoms. The molecule has 4 nitrogen and oxygen atoms in total. The van der Waals surface area contributed by atoms with Crippen LogP contribution in [0, 0.1) is 0 Å². The third kappa shape index (κ3) is 12.0. The van der Waals surface area contributed by atoms with Crippen molar-refractivity contribution < 1.29 is 14.3 Å². The van der Waals surface area contributed by atoms with Gasteiger partial charge in [-0.2, -0.15) is 0 Å². The molecule has 2 aromatic carbocycles. The molecule has 0 fully saturated rings. The highest BCUT2D eigenvalue weighted by atomic mass is 16.5. The van der Waals surface area contributed by atoms with Crippen molar-refractivity contribution >= 4 is 6.29 Å². The molecule has 0 N–H and O–H groups in total. The maximum atomic E-state index is 11.3.